The van der Waals surface area contributed by atoms with Gasteiger partial charge in [0, 0.05) is 6.54 Å². The van der Waals surface area contributed by atoms with E-state index in [2.05, 4.69) is 21.2 Å². The van der Waals surface area contributed by atoms with Crippen molar-refractivity contribution in [2.75, 3.05) is 6.54 Å². The van der Waals surface area contributed by atoms with Crippen molar-refractivity contribution in [3.8, 4) is 0 Å². The van der Waals surface area contributed by atoms with Gasteiger partial charge >= 0.3 is 5.97 Å². The van der Waals surface area contributed by atoms with Crippen LogP contribution in [0.4, 0.5) is 4.39 Å². The van der Waals surface area contributed by atoms with Gasteiger partial charge in [-0.1, -0.05) is 6.07 Å². The van der Waals surface area contributed by atoms with Gasteiger partial charge in [-0.05, 0) is 46.5 Å². The van der Waals surface area contributed by atoms with Crippen molar-refractivity contribution in [1.82, 2.24) is 5.32 Å². The number of amides is 1. The van der Waals surface area contributed by atoms with E-state index in [9.17, 15) is 14.0 Å². The molecule has 102 valence electrons. The van der Waals surface area contributed by atoms with E-state index in [1.807, 2.05) is 0 Å². The van der Waals surface area contributed by atoms with Crippen LogP contribution in [0, 0.1) is 11.2 Å². The maximum absolute atomic E-state index is 13.3. The third kappa shape index (κ3) is 3.32. The van der Waals surface area contributed by atoms with Crippen LogP contribution in [0.3, 0.4) is 0 Å². The Morgan fingerprint density at radius 2 is 2.11 bits per heavy atom. The van der Waals surface area contributed by atoms with Crippen molar-refractivity contribution in [3.05, 3.63) is 34.1 Å². The Hall–Kier alpha value is -1.43. The van der Waals surface area contributed by atoms with Gasteiger partial charge in [0.15, 0.2) is 0 Å². The van der Waals surface area contributed by atoms with Crippen molar-refractivity contribution in [1.29, 1.82) is 0 Å². The summed E-state index contributed by atoms with van der Waals surface area (Å²) >= 11 is 3.04. The smallest absolute Gasteiger partial charge is 0.311 e. The van der Waals surface area contributed by atoms with Crippen LogP contribution in [0.1, 0.15) is 18.4 Å². The summed E-state index contributed by atoms with van der Waals surface area (Å²) in [6.45, 7) is 0.139. The largest absolute Gasteiger partial charge is 0.481 e. The van der Waals surface area contributed by atoms with Crippen LogP contribution in [-0.4, -0.2) is 23.5 Å². The fourth-order valence-electron chi connectivity index (χ4n) is 1.78. The Morgan fingerprint density at radius 3 is 2.63 bits per heavy atom. The molecule has 0 heterocycles. The first-order valence-electron chi connectivity index (χ1n) is 5.87. The van der Waals surface area contributed by atoms with Crippen LogP contribution in [0.15, 0.2) is 22.7 Å². The van der Waals surface area contributed by atoms with E-state index in [1.165, 1.54) is 12.1 Å². The highest BCUT2D eigenvalue weighted by atomic mass is 79.9. The highest BCUT2D eigenvalue weighted by Crippen LogP contribution is 2.45. The fraction of sp³-hybridized carbons (Fsp3) is 0.385. The highest BCUT2D eigenvalue weighted by Gasteiger charge is 2.50. The second kappa shape index (κ2) is 5.28. The lowest BCUT2D eigenvalue weighted by atomic mass is 10.1. The molecule has 1 amide bonds. The summed E-state index contributed by atoms with van der Waals surface area (Å²) in [6.07, 6.45) is 1.23. The number of carboxylic acid groups (broad SMARTS) is 1. The van der Waals surface area contributed by atoms with E-state index >= 15 is 0 Å². The first-order valence-corrected chi connectivity index (χ1v) is 6.66. The van der Waals surface area contributed by atoms with Crippen LogP contribution in [0.5, 0.6) is 0 Å². The van der Waals surface area contributed by atoms with E-state index in [4.69, 9.17) is 5.11 Å². The number of rotatable bonds is 5. The molecule has 1 aromatic carbocycles. The summed E-state index contributed by atoms with van der Waals surface area (Å²) < 4.78 is 13.6. The van der Waals surface area contributed by atoms with Gasteiger partial charge in [0.2, 0.25) is 5.91 Å². The Kier molecular flexibility index (Phi) is 3.89. The first-order chi connectivity index (χ1) is 8.93. The quantitative estimate of drug-likeness (QED) is 0.869. The third-order valence-corrected chi connectivity index (χ3v) is 3.92. The van der Waals surface area contributed by atoms with Crippen molar-refractivity contribution < 1.29 is 19.1 Å². The summed E-state index contributed by atoms with van der Waals surface area (Å²) in [5.74, 6) is -1.59. The number of aliphatic carboxylic acids is 1. The minimum Gasteiger partial charge on any atom is -0.481 e. The maximum Gasteiger partial charge on any atom is 0.311 e. The molecule has 1 fully saturated rings. The summed E-state index contributed by atoms with van der Waals surface area (Å²) in [7, 11) is 0. The fourth-order valence-corrected chi connectivity index (χ4v) is 2.03. The Bertz CT molecular complexity index is 529. The van der Waals surface area contributed by atoms with Crippen LogP contribution in [0.25, 0.3) is 0 Å². The molecule has 0 aliphatic heterocycles. The van der Waals surface area contributed by atoms with Gasteiger partial charge in [-0.25, -0.2) is 4.39 Å². The monoisotopic (exact) mass is 329 g/mol. The Balaban J connectivity index is 1.88. The van der Waals surface area contributed by atoms with Gasteiger partial charge < -0.3 is 10.4 Å². The Labute approximate surface area is 118 Å². The highest BCUT2D eigenvalue weighted by molar-refractivity contribution is 9.10. The summed E-state index contributed by atoms with van der Waals surface area (Å²) in [5, 5.41) is 11.6. The van der Waals surface area contributed by atoms with E-state index in [0.29, 0.717) is 22.9 Å². The lowest BCUT2D eigenvalue weighted by Gasteiger charge is -2.11. The van der Waals surface area contributed by atoms with Gasteiger partial charge in [0.05, 0.1) is 16.3 Å². The van der Waals surface area contributed by atoms with E-state index < -0.39 is 17.2 Å². The number of halogens is 2. The van der Waals surface area contributed by atoms with Gasteiger partial charge in [-0.3, -0.25) is 9.59 Å². The number of carbonyl (C=O) groups excluding carboxylic acids is 1. The van der Waals surface area contributed by atoms with Crippen LogP contribution < -0.4 is 5.32 Å². The molecule has 0 spiro atoms. The second-order valence-corrected chi connectivity index (χ2v) is 5.64. The van der Waals surface area contributed by atoms with Gasteiger partial charge in [-0.2, -0.15) is 0 Å². The molecule has 0 saturated heterocycles. The standard InChI is InChI=1S/C13H13BrFNO3/c14-9-2-1-8(5-10(9)15)6-11(17)16-7-13(3-4-13)12(18)19/h1-2,5H,3-4,6-7H2,(H,16,17)(H,18,19). The molecular formula is C13H13BrFNO3. The van der Waals surface area contributed by atoms with Crippen LogP contribution >= 0.6 is 15.9 Å². The molecule has 0 atom stereocenters. The Morgan fingerprint density at radius 1 is 1.42 bits per heavy atom. The zero-order chi connectivity index (χ0) is 14.0. The molecule has 1 aliphatic carbocycles. The second-order valence-electron chi connectivity index (χ2n) is 4.79. The first kappa shape index (κ1) is 14.0. The van der Waals surface area contributed by atoms with E-state index in [1.54, 1.807) is 6.07 Å². The zero-order valence-corrected chi connectivity index (χ0v) is 11.7. The molecule has 1 saturated carbocycles. The molecule has 0 aromatic heterocycles. The molecule has 1 aromatic rings. The van der Waals surface area contributed by atoms with E-state index in [-0.39, 0.29) is 18.9 Å². The zero-order valence-electron chi connectivity index (χ0n) is 10.1. The molecule has 1 aliphatic rings. The molecule has 2 rings (SSSR count). The minimum atomic E-state index is -0.873. The van der Waals surface area contributed by atoms with Crippen molar-refractivity contribution in [2.45, 2.75) is 19.3 Å². The lowest BCUT2D eigenvalue weighted by molar-refractivity contribution is -0.143. The summed E-state index contributed by atoms with van der Waals surface area (Å²) in [4.78, 5) is 22.6. The average molecular weight is 330 g/mol. The topological polar surface area (TPSA) is 66.4 Å². The summed E-state index contributed by atoms with van der Waals surface area (Å²) in [6, 6.07) is 4.47. The number of hydrogen-bond donors (Lipinski definition) is 2. The molecule has 4 nitrogen and oxygen atoms in total. The van der Waals surface area contributed by atoms with Crippen LogP contribution in [-0.2, 0) is 16.0 Å². The molecular weight excluding hydrogens is 317 g/mol. The van der Waals surface area contributed by atoms with Crippen molar-refractivity contribution in [3.63, 3.8) is 0 Å². The molecule has 2 N–H and O–H groups in total. The SMILES string of the molecule is O=C(Cc1ccc(Br)c(F)c1)NCC1(C(=O)O)CC1. The molecule has 6 heteroatoms. The third-order valence-electron chi connectivity index (χ3n) is 3.28. The molecule has 0 bridgehead atoms. The molecule has 19 heavy (non-hydrogen) atoms. The summed E-state index contributed by atoms with van der Waals surface area (Å²) in [5.41, 5.74) is -0.223. The van der Waals surface area contributed by atoms with E-state index in [0.717, 1.165) is 0 Å². The lowest BCUT2D eigenvalue weighted by Crippen LogP contribution is -2.35. The number of benzene rings is 1. The predicted octanol–water partition coefficient (Wildman–Crippen LogP) is 2.11. The number of carboxylic acids is 1. The van der Waals surface area contributed by atoms with Gasteiger partial charge in [0.1, 0.15) is 5.82 Å². The molecule has 0 radical (unpaired) electrons. The number of nitrogens with one attached hydrogen (secondary N) is 1. The predicted molar refractivity (Wildman–Crippen MR) is 70.1 cm³/mol. The van der Waals surface area contributed by atoms with Crippen LogP contribution in [0.2, 0.25) is 0 Å². The number of hydrogen-bond acceptors (Lipinski definition) is 2. The minimum absolute atomic E-state index is 0.0416. The normalized spacial score (nSPS) is 15.9. The van der Waals surface area contributed by atoms with Gasteiger partial charge in [0.25, 0.3) is 0 Å². The number of carbonyl (C=O) groups is 2. The maximum atomic E-state index is 13.3. The molecule has 0 unspecified atom stereocenters. The average Bonchev–Trinajstić information content (AvgIpc) is 3.13. The van der Waals surface area contributed by atoms with Gasteiger partial charge in [-0.15, -0.1) is 0 Å². The van der Waals surface area contributed by atoms with Crippen molar-refractivity contribution in [2.24, 2.45) is 5.41 Å². The van der Waals surface area contributed by atoms with Crippen molar-refractivity contribution >= 4 is 27.8 Å².